The maximum atomic E-state index is 4.93. The van der Waals surface area contributed by atoms with Gasteiger partial charge in [-0.3, -0.25) is 0 Å². The number of hydrogen-bond acceptors (Lipinski definition) is 4. The van der Waals surface area contributed by atoms with Gasteiger partial charge in [-0.05, 0) is 39.0 Å². The van der Waals surface area contributed by atoms with E-state index in [1.807, 2.05) is 11.3 Å². The lowest BCUT2D eigenvalue weighted by Gasteiger charge is -2.20. The van der Waals surface area contributed by atoms with Gasteiger partial charge in [0.05, 0.1) is 5.69 Å². The fourth-order valence-electron chi connectivity index (χ4n) is 2.52. The SMILES string of the molecule is CC1CCN(c2nc(C(C)C)c(CNC(C)(C)C)s2)C1. The molecule has 0 bridgehead atoms. The lowest BCUT2D eigenvalue weighted by molar-refractivity contribution is 0.425. The summed E-state index contributed by atoms with van der Waals surface area (Å²) >= 11 is 1.88. The lowest BCUT2D eigenvalue weighted by Crippen LogP contribution is -2.35. The van der Waals surface area contributed by atoms with Crippen LogP contribution in [-0.4, -0.2) is 23.6 Å². The Labute approximate surface area is 127 Å². The normalized spacial score (nSPS) is 20.1. The fraction of sp³-hybridized carbons (Fsp3) is 0.812. The highest BCUT2D eigenvalue weighted by Gasteiger charge is 2.24. The van der Waals surface area contributed by atoms with Gasteiger partial charge in [0.2, 0.25) is 0 Å². The molecular formula is C16H29N3S. The van der Waals surface area contributed by atoms with Crippen LogP contribution in [-0.2, 0) is 6.54 Å². The van der Waals surface area contributed by atoms with Gasteiger partial charge in [0.25, 0.3) is 0 Å². The Balaban J connectivity index is 2.15. The molecule has 1 N–H and O–H groups in total. The first-order valence-corrected chi connectivity index (χ1v) is 8.57. The van der Waals surface area contributed by atoms with E-state index in [4.69, 9.17) is 4.98 Å². The van der Waals surface area contributed by atoms with Crippen LogP contribution in [0.4, 0.5) is 5.13 Å². The zero-order valence-electron chi connectivity index (χ0n) is 13.8. The number of anilines is 1. The van der Waals surface area contributed by atoms with Crippen molar-refractivity contribution in [2.75, 3.05) is 18.0 Å². The Morgan fingerprint density at radius 1 is 1.40 bits per heavy atom. The second kappa shape index (κ2) is 6.02. The molecule has 4 heteroatoms. The molecule has 0 saturated carbocycles. The minimum absolute atomic E-state index is 0.153. The second-order valence-electron chi connectivity index (χ2n) is 7.40. The Bertz CT molecular complexity index is 445. The third kappa shape index (κ3) is 3.95. The first-order valence-electron chi connectivity index (χ1n) is 7.76. The summed E-state index contributed by atoms with van der Waals surface area (Å²) in [7, 11) is 0. The molecule has 3 nitrogen and oxygen atoms in total. The molecule has 2 heterocycles. The lowest BCUT2D eigenvalue weighted by atomic mass is 10.1. The summed E-state index contributed by atoms with van der Waals surface area (Å²) < 4.78 is 0. The minimum Gasteiger partial charge on any atom is -0.348 e. The Morgan fingerprint density at radius 2 is 2.10 bits per heavy atom. The molecule has 1 aliphatic rings. The van der Waals surface area contributed by atoms with Gasteiger partial charge in [-0.15, -0.1) is 11.3 Å². The molecule has 0 radical (unpaired) electrons. The molecule has 114 valence electrons. The van der Waals surface area contributed by atoms with Crippen LogP contribution < -0.4 is 10.2 Å². The van der Waals surface area contributed by atoms with Gasteiger partial charge < -0.3 is 10.2 Å². The van der Waals surface area contributed by atoms with Crippen molar-refractivity contribution in [3.8, 4) is 0 Å². The maximum absolute atomic E-state index is 4.93. The topological polar surface area (TPSA) is 28.2 Å². The number of nitrogens with one attached hydrogen (secondary N) is 1. The summed E-state index contributed by atoms with van der Waals surface area (Å²) in [5.41, 5.74) is 1.43. The van der Waals surface area contributed by atoms with E-state index >= 15 is 0 Å². The van der Waals surface area contributed by atoms with E-state index in [2.05, 4.69) is 51.8 Å². The van der Waals surface area contributed by atoms with Crippen molar-refractivity contribution in [3.63, 3.8) is 0 Å². The van der Waals surface area contributed by atoms with Crippen molar-refractivity contribution in [1.82, 2.24) is 10.3 Å². The summed E-state index contributed by atoms with van der Waals surface area (Å²) in [5.74, 6) is 1.30. The Kier molecular flexibility index (Phi) is 4.75. The van der Waals surface area contributed by atoms with Crippen molar-refractivity contribution in [1.29, 1.82) is 0 Å². The van der Waals surface area contributed by atoms with Crippen molar-refractivity contribution in [2.24, 2.45) is 5.92 Å². The second-order valence-corrected chi connectivity index (χ2v) is 8.47. The molecule has 1 atom stereocenters. The highest BCUT2D eigenvalue weighted by atomic mass is 32.1. The van der Waals surface area contributed by atoms with E-state index in [-0.39, 0.29) is 5.54 Å². The van der Waals surface area contributed by atoms with Crippen LogP contribution in [0.25, 0.3) is 0 Å². The largest absolute Gasteiger partial charge is 0.348 e. The first kappa shape index (κ1) is 15.8. The third-order valence-electron chi connectivity index (χ3n) is 3.74. The van der Waals surface area contributed by atoms with Gasteiger partial charge in [0.1, 0.15) is 0 Å². The van der Waals surface area contributed by atoms with Crippen molar-refractivity contribution >= 4 is 16.5 Å². The van der Waals surface area contributed by atoms with E-state index in [1.54, 1.807) is 0 Å². The molecule has 2 rings (SSSR count). The van der Waals surface area contributed by atoms with Crippen LogP contribution >= 0.6 is 11.3 Å². The minimum atomic E-state index is 0.153. The monoisotopic (exact) mass is 295 g/mol. The van der Waals surface area contributed by atoms with E-state index in [0.29, 0.717) is 5.92 Å². The molecule has 0 aliphatic carbocycles. The van der Waals surface area contributed by atoms with Gasteiger partial charge in [0.15, 0.2) is 5.13 Å². The summed E-state index contributed by atoms with van der Waals surface area (Å²) in [5, 5.41) is 4.82. The summed E-state index contributed by atoms with van der Waals surface area (Å²) in [4.78, 5) is 8.80. The molecule has 20 heavy (non-hydrogen) atoms. The molecule has 1 aliphatic heterocycles. The molecule has 1 saturated heterocycles. The maximum Gasteiger partial charge on any atom is 0.185 e. The van der Waals surface area contributed by atoms with E-state index < -0.39 is 0 Å². The number of thiazole rings is 1. The molecule has 1 aromatic rings. The van der Waals surface area contributed by atoms with Crippen LogP contribution in [0.2, 0.25) is 0 Å². The summed E-state index contributed by atoms with van der Waals surface area (Å²) in [6.07, 6.45) is 1.30. The molecule has 1 unspecified atom stereocenters. The van der Waals surface area contributed by atoms with Crippen LogP contribution in [0, 0.1) is 5.92 Å². The molecule has 0 aromatic carbocycles. The predicted octanol–water partition coefficient (Wildman–Crippen LogP) is 4.00. The molecular weight excluding hydrogens is 266 g/mol. The summed E-state index contributed by atoms with van der Waals surface area (Å²) in [6.45, 7) is 16.7. The van der Waals surface area contributed by atoms with Gasteiger partial charge in [-0.25, -0.2) is 4.98 Å². The number of rotatable bonds is 4. The van der Waals surface area contributed by atoms with Gasteiger partial charge in [-0.1, -0.05) is 20.8 Å². The highest BCUT2D eigenvalue weighted by molar-refractivity contribution is 7.15. The average Bonchev–Trinajstić information content (AvgIpc) is 2.91. The zero-order chi connectivity index (χ0) is 14.9. The van der Waals surface area contributed by atoms with E-state index in [1.165, 1.54) is 28.7 Å². The molecule has 0 spiro atoms. The summed E-state index contributed by atoms with van der Waals surface area (Å²) in [6, 6.07) is 0. The number of hydrogen-bond donors (Lipinski definition) is 1. The van der Waals surface area contributed by atoms with Gasteiger partial charge in [0, 0.05) is 30.1 Å². The van der Waals surface area contributed by atoms with Crippen LogP contribution in [0.5, 0.6) is 0 Å². The Hall–Kier alpha value is -0.610. The van der Waals surface area contributed by atoms with Crippen molar-refractivity contribution in [3.05, 3.63) is 10.6 Å². The van der Waals surface area contributed by atoms with Crippen LogP contribution in [0.15, 0.2) is 0 Å². The number of aromatic nitrogens is 1. The third-order valence-corrected chi connectivity index (χ3v) is 4.87. The quantitative estimate of drug-likeness (QED) is 0.910. The smallest absolute Gasteiger partial charge is 0.185 e. The van der Waals surface area contributed by atoms with Crippen LogP contribution in [0.3, 0.4) is 0 Å². The number of nitrogens with zero attached hydrogens (tertiary/aromatic N) is 2. The van der Waals surface area contributed by atoms with Crippen LogP contribution in [0.1, 0.15) is 64.5 Å². The van der Waals surface area contributed by atoms with E-state index in [9.17, 15) is 0 Å². The zero-order valence-corrected chi connectivity index (χ0v) is 14.6. The Morgan fingerprint density at radius 3 is 2.60 bits per heavy atom. The fourth-order valence-corrected chi connectivity index (χ4v) is 3.71. The van der Waals surface area contributed by atoms with Crippen molar-refractivity contribution in [2.45, 2.75) is 66.0 Å². The average molecular weight is 295 g/mol. The van der Waals surface area contributed by atoms with Gasteiger partial charge >= 0.3 is 0 Å². The molecule has 0 amide bonds. The van der Waals surface area contributed by atoms with Crippen molar-refractivity contribution < 1.29 is 0 Å². The molecule has 1 aromatic heterocycles. The van der Waals surface area contributed by atoms with E-state index in [0.717, 1.165) is 19.0 Å². The predicted molar refractivity (Wildman–Crippen MR) is 88.8 cm³/mol. The molecule has 1 fully saturated rings. The standard InChI is InChI=1S/C16H29N3S/c1-11(2)14-13(9-17-16(4,5)6)20-15(18-14)19-8-7-12(3)10-19/h11-12,17H,7-10H2,1-6H3. The highest BCUT2D eigenvalue weighted by Crippen LogP contribution is 2.33. The van der Waals surface area contributed by atoms with Gasteiger partial charge in [-0.2, -0.15) is 0 Å². The first-order chi connectivity index (χ1) is 9.26.